The maximum Gasteiger partial charge on any atom is 0.0990 e. The molecule has 3 N–H and O–H groups in total. The number of nitrogens with two attached hydrogens (primary N) is 1. The van der Waals surface area contributed by atoms with Crippen LogP contribution >= 0.6 is 0 Å². The van der Waals surface area contributed by atoms with Gasteiger partial charge in [0.25, 0.3) is 0 Å². The van der Waals surface area contributed by atoms with Crippen LogP contribution in [0.3, 0.4) is 0 Å². The molecule has 1 atom stereocenters. The van der Waals surface area contributed by atoms with E-state index in [-0.39, 0.29) is 0 Å². The summed E-state index contributed by atoms with van der Waals surface area (Å²) >= 11 is 0. The monoisotopic (exact) mass is 167 g/mol. The van der Waals surface area contributed by atoms with Crippen LogP contribution in [0.4, 0.5) is 0 Å². The quantitative estimate of drug-likeness (QED) is 0.673. The molecule has 0 radical (unpaired) electrons. The maximum absolute atomic E-state index is 9.52. The first-order valence-electron chi connectivity index (χ1n) is 3.91. The van der Waals surface area contributed by atoms with Gasteiger partial charge in [-0.1, -0.05) is 0 Å². The number of hydrogen-bond acceptors (Lipinski definition) is 4. The SMILES string of the molecule is Cc1nccnc1[C@H](O)CCN. The zero-order valence-electron chi connectivity index (χ0n) is 7.07. The largest absolute Gasteiger partial charge is 0.387 e. The zero-order chi connectivity index (χ0) is 8.97. The van der Waals surface area contributed by atoms with Gasteiger partial charge in [0.2, 0.25) is 0 Å². The Morgan fingerprint density at radius 2 is 2.17 bits per heavy atom. The van der Waals surface area contributed by atoms with Crippen molar-refractivity contribution < 1.29 is 5.11 Å². The summed E-state index contributed by atoms with van der Waals surface area (Å²) < 4.78 is 0. The second-order valence-electron chi connectivity index (χ2n) is 2.62. The predicted octanol–water partition coefficient (Wildman–Crippen LogP) is 0.167. The van der Waals surface area contributed by atoms with Gasteiger partial charge in [-0.2, -0.15) is 0 Å². The van der Waals surface area contributed by atoms with Crippen LogP contribution < -0.4 is 5.73 Å². The first kappa shape index (κ1) is 9.09. The van der Waals surface area contributed by atoms with Crippen molar-refractivity contribution in [1.82, 2.24) is 9.97 Å². The third kappa shape index (κ3) is 1.99. The van der Waals surface area contributed by atoms with Crippen LogP contribution in [0.1, 0.15) is 23.9 Å². The van der Waals surface area contributed by atoms with E-state index >= 15 is 0 Å². The standard InChI is InChI=1S/C8H13N3O/c1-6-8(7(12)2-3-9)11-5-4-10-6/h4-5,7,12H,2-3,9H2,1H3/t7-/m1/s1. The number of aromatic nitrogens is 2. The molecular formula is C8H13N3O. The van der Waals surface area contributed by atoms with Crippen molar-refractivity contribution in [3.63, 3.8) is 0 Å². The highest BCUT2D eigenvalue weighted by molar-refractivity contribution is 5.11. The molecule has 0 saturated heterocycles. The van der Waals surface area contributed by atoms with E-state index in [1.54, 1.807) is 12.4 Å². The Balaban J connectivity index is 2.79. The first-order valence-corrected chi connectivity index (χ1v) is 3.91. The second-order valence-corrected chi connectivity index (χ2v) is 2.62. The van der Waals surface area contributed by atoms with E-state index in [0.717, 1.165) is 5.69 Å². The van der Waals surface area contributed by atoms with E-state index in [1.165, 1.54) is 0 Å². The molecule has 0 bridgehead atoms. The van der Waals surface area contributed by atoms with Crippen LogP contribution in [0.15, 0.2) is 12.4 Å². The summed E-state index contributed by atoms with van der Waals surface area (Å²) in [6, 6.07) is 0. The molecule has 66 valence electrons. The molecule has 1 aromatic heterocycles. The molecule has 0 aliphatic heterocycles. The van der Waals surface area contributed by atoms with Crippen molar-refractivity contribution in [2.75, 3.05) is 6.54 Å². The second kappa shape index (κ2) is 4.13. The Labute approximate surface area is 71.5 Å². The fourth-order valence-electron chi connectivity index (χ4n) is 1.04. The molecule has 4 heteroatoms. The third-order valence-electron chi connectivity index (χ3n) is 1.67. The lowest BCUT2D eigenvalue weighted by molar-refractivity contribution is 0.164. The van der Waals surface area contributed by atoms with Crippen molar-refractivity contribution in [2.45, 2.75) is 19.4 Å². The van der Waals surface area contributed by atoms with Crippen molar-refractivity contribution in [2.24, 2.45) is 5.73 Å². The highest BCUT2D eigenvalue weighted by Crippen LogP contribution is 2.14. The van der Waals surface area contributed by atoms with Gasteiger partial charge in [-0.05, 0) is 19.9 Å². The predicted molar refractivity (Wildman–Crippen MR) is 45.4 cm³/mol. The third-order valence-corrected chi connectivity index (χ3v) is 1.67. The van der Waals surface area contributed by atoms with E-state index < -0.39 is 6.10 Å². The van der Waals surface area contributed by atoms with Crippen LogP contribution in [0.2, 0.25) is 0 Å². The van der Waals surface area contributed by atoms with Gasteiger partial charge in [-0.25, -0.2) is 0 Å². The molecule has 1 rings (SSSR count). The van der Waals surface area contributed by atoms with Gasteiger partial charge in [-0.15, -0.1) is 0 Å². The molecular weight excluding hydrogens is 154 g/mol. The average Bonchev–Trinajstić information content (AvgIpc) is 2.05. The molecule has 0 unspecified atom stereocenters. The highest BCUT2D eigenvalue weighted by atomic mass is 16.3. The lowest BCUT2D eigenvalue weighted by Gasteiger charge is -2.09. The number of aliphatic hydroxyl groups is 1. The summed E-state index contributed by atoms with van der Waals surface area (Å²) in [6.45, 7) is 2.28. The van der Waals surface area contributed by atoms with Gasteiger partial charge in [0.1, 0.15) is 0 Å². The van der Waals surface area contributed by atoms with Gasteiger partial charge in [0.15, 0.2) is 0 Å². The molecule has 0 spiro atoms. The number of hydrogen-bond donors (Lipinski definition) is 2. The number of aryl methyl sites for hydroxylation is 1. The average molecular weight is 167 g/mol. The molecule has 0 saturated carbocycles. The Morgan fingerprint density at radius 3 is 2.75 bits per heavy atom. The summed E-state index contributed by atoms with van der Waals surface area (Å²) in [5.74, 6) is 0. The van der Waals surface area contributed by atoms with E-state index in [2.05, 4.69) is 9.97 Å². The van der Waals surface area contributed by atoms with Gasteiger partial charge >= 0.3 is 0 Å². The Hall–Kier alpha value is -1.00. The van der Waals surface area contributed by atoms with Crippen LogP contribution in [0, 0.1) is 6.92 Å². The van der Waals surface area contributed by atoms with E-state index in [4.69, 9.17) is 5.73 Å². The van der Waals surface area contributed by atoms with E-state index in [0.29, 0.717) is 18.7 Å². The lowest BCUT2D eigenvalue weighted by atomic mass is 10.1. The normalized spacial score (nSPS) is 12.9. The number of nitrogens with zero attached hydrogens (tertiary/aromatic N) is 2. The Bertz CT molecular complexity index is 252. The molecule has 1 heterocycles. The highest BCUT2D eigenvalue weighted by Gasteiger charge is 2.10. The van der Waals surface area contributed by atoms with Crippen molar-refractivity contribution in [3.8, 4) is 0 Å². The molecule has 4 nitrogen and oxygen atoms in total. The summed E-state index contributed by atoms with van der Waals surface area (Å²) in [5.41, 5.74) is 6.70. The molecule has 0 aliphatic carbocycles. The summed E-state index contributed by atoms with van der Waals surface area (Å²) in [4.78, 5) is 8.05. The number of aliphatic hydroxyl groups excluding tert-OH is 1. The molecule has 0 amide bonds. The van der Waals surface area contributed by atoms with Crippen LogP contribution in [0.5, 0.6) is 0 Å². The molecule has 0 aliphatic rings. The van der Waals surface area contributed by atoms with Crippen molar-refractivity contribution in [1.29, 1.82) is 0 Å². The van der Waals surface area contributed by atoms with Crippen LogP contribution in [-0.4, -0.2) is 21.6 Å². The lowest BCUT2D eigenvalue weighted by Crippen LogP contribution is -2.10. The zero-order valence-corrected chi connectivity index (χ0v) is 7.07. The topological polar surface area (TPSA) is 72.0 Å². The van der Waals surface area contributed by atoms with Crippen LogP contribution in [-0.2, 0) is 0 Å². The molecule has 1 aromatic rings. The Morgan fingerprint density at radius 1 is 1.50 bits per heavy atom. The summed E-state index contributed by atoms with van der Waals surface area (Å²) in [5, 5.41) is 9.52. The number of rotatable bonds is 3. The van der Waals surface area contributed by atoms with Gasteiger partial charge in [-0.3, -0.25) is 9.97 Å². The fraction of sp³-hybridized carbons (Fsp3) is 0.500. The van der Waals surface area contributed by atoms with Gasteiger partial charge < -0.3 is 10.8 Å². The van der Waals surface area contributed by atoms with Gasteiger partial charge in [0, 0.05) is 12.4 Å². The van der Waals surface area contributed by atoms with Gasteiger partial charge in [0.05, 0.1) is 17.5 Å². The minimum absolute atomic E-state index is 0.456. The fourth-order valence-corrected chi connectivity index (χ4v) is 1.04. The van der Waals surface area contributed by atoms with E-state index in [1.807, 2.05) is 6.92 Å². The summed E-state index contributed by atoms with van der Waals surface area (Å²) in [6.07, 6.45) is 3.12. The molecule has 0 fully saturated rings. The first-order chi connectivity index (χ1) is 5.75. The van der Waals surface area contributed by atoms with Crippen LogP contribution in [0.25, 0.3) is 0 Å². The Kier molecular flexibility index (Phi) is 3.13. The van der Waals surface area contributed by atoms with Crippen molar-refractivity contribution >= 4 is 0 Å². The van der Waals surface area contributed by atoms with Crippen molar-refractivity contribution in [3.05, 3.63) is 23.8 Å². The molecule has 12 heavy (non-hydrogen) atoms. The van der Waals surface area contributed by atoms with E-state index in [9.17, 15) is 5.11 Å². The smallest absolute Gasteiger partial charge is 0.0990 e. The molecule has 0 aromatic carbocycles. The maximum atomic E-state index is 9.52. The summed E-state index contributed by atoms with van der Waals surface area (Å²) in [7, 11) is 0. The minimum atomic E-state index is -0.580. The minimum Gasteiger partial charge on any atom is -0.387 e.